The minimum Gasteiger partial charge on any atom is -0.481 e. The van der Waals surface area contributed by atoms with Crippen molar-refractivity contribution in [2.24, 2.45) is 32.3 Å². The Labute approximate surface area is 151 Å². The summed E-state index contributed by atoms with van der Waals surface area (Å²) in [6.07, 6.45) is 2.63. The van der Waals surface area contributed by atoms with Gasteiger partial charge in [0, 0.05) is 32.6 Å². The normalized spacial score (nSPS) is 35.0. The van der Waals surface area contributed by atoms with Crippen molar-refractivity contribution in [2.45, 2.75) is 43.6 Å². The molecule has 2 heterocycles. The Hall–Kier alpha value is -1.98. The molecule has 1 spiro atoms. The number of hydrogen-bond donors (Lipinski definition) is 3. The number of epoxide rings is 1. The fourth-order valence-electron chi connectivity index (χ4n) is 3.72. The minimum atomic E-state index is -1.42. The molecule has 0 aromatic carbocycles. The SMILES string of the molecule is CN=CC1OC12CCOC(N=NNNC)(C(CCCN=O)C(=O)O)C2C. The van der Waals surface area contributed by atoms with E-state index < -0.39 is 23.2 Å². The lowest BCUT2D eigenvalue weighted by molar-refractivity contribution is -0.191. The van der Waals surface area contributed by atoms with Gasteiger partial charge in [-0.1, -0.05) is 17.3 Å². The standard InChI is InChI=1S/C15H26N6O5/c1-10-14(12(26-14)9-16-2)6-8-25-15(10,19-21-20-17-3)11(13(22)23)5-4-7-18-24/h9-12H,4-8H2,1-3H3,(H,17,21)(H,19,20)(H,22,23). The number of carbonyl (C=O) groups is 1. The maximum atomic E-state index is 12.0. The zero-order valence-electron chi connectivity index (χ0n) is 15.2. The number of aliphatic carboxylic acids is 1. The highest BCUT2D eigenvalue weighted by molar-refractivity contribution is 5.72. The molecule has 0 saturated carbocycles. The molecule has 0 aromatic heterocycles. The van der Waals surface area contributed by atoms with E-state index in [1.165, 1.54) is 0 Å². The van der Waals surface area contributed by atoms with Crippen LogP contribution < -0.4 is 11.0 Å². The van der Waals surface area contributed by atoms with E-state index in [4.69, 9.17) is 9.47 Å². The van der Waals surface area contributed by atoms with Crippen molar-refractivity contribution in [1.29, 1.82) is 0 Å². The summed E-state index contributed by atoms with van der Waals surface area (Å²) >= 11 is 0. The lowest BCUT2D eigenvalue weighted by Crippen LogP contribution is -2.57. The number of carboxylic acids is 1. The number of ether oxygens (including phenoxy) is 2. The van der Waals surface area contributed by atoms with E-state index in [1.807, 2.05) is 6.92 Å². The van der Waals surface area contributed by atoms with Gasteiger partial charge in [0.2, 0.25) is 0 Å². The van der Waals surface area contributed by atoms with Crippen molar-refractivity contribution in [3.63, 3.8) is 0 Å². The molecule has 5 unspecified atom stereocenters. The van der Waals surface area contributed by atoms with E-state index in [1.54, 1.807) is 20.3 Å². The number of rotatable bonds is 10. The van der Waals surface area contributed by atoms with Crippen LogP contribution in [0.4, 0.5) is 0 Å². The van der Waals surface area contributed by atoms with Gasteiger partial charge in [0.1, 0.15) is 17.6 Å². The Morgan fingerprint density at radius 2 is 2.27 bits per heavy atom. The Bertz CT molecular complexity index is 573. The van der Waals surface area contributed by atoms with Gasteiger partial charge in [-0.3, -0.25) is 9.79 Å². The first kappa shape index (κ1) is 20.3. The molecule has 2 saturated heterocycles. The Balaban J connectivity index is 2.36. The van der Waals surface area contributed by atoms with Crippen molar-refractivity contribution in [3.05, 3.63) is 4.91 Å². The first-order valence-electron chi connectivity index (χ1n) is 8.58. The third-order valence-corrected chi connectivity index (χ3v) is 5.14. The Kier molecular flexibility index (Phi) is 6.73. The highest BCUT2D eigenvalue weighted by atomic mass is 16.6. The highest BCUT2D eigenvalue weighted by Gasteiger charge is 2.69. The average molecular weight is 370 g/mol. The smallest absolute Gasteiger partial charge is 0.311 e. The van der Waals surface area contributed by atoms with Crippen LogP contribution in [0.1, 0.15) is 26.2 Å². The predicted molar refractivity (Wildman–Crippen MR) is 92.6 cm³/mol. The van der Waals surface area contributed by atoms with Crippen molar-refractivity contribution >= 4 is 12.2 Å². The largest absolute Gasteiger partial charge is 0.481 e. The van der Waals surface area contributed by atoms with E-state index >= 15 is 0 Å². The van der Waals surface area contributed by atoms with Gasteiger partial charge >= 0.3 is 5.97 Å². The van der Waals surface area contributed by atoms with Gasteiger partial charge in [-0.25, -0.2) is 11.0 Å². The van der Waals surface area contributed by atoms with E-state index in [-0.39, 0.29) is 31.6 Å². The third kappa shape index (κ3) is 3.74. The molecule has 2 aliphatic rings. The summed E-state index contributed by atoms with van der Waals surface area (Å²) in [6.45, 7) is 2.18. The zero-order chi connectivity index (χ0) is 19.2. The van der Waals surface area contributed by atoms with Crippen LogP contribution in [0.2, 0.25) is 0 Å². The maximum Gasteiger partial charge on any atom is 0.311 e. The predicted octanol–water partition coefficient (Wildman–Crippen LogP) is 0.916. The van der Waals surface area contributed by atoms with Crippen LogP contribution >= 0.6 is 0 Å². The Morgan fingerprint density at radius 1 is 1.50 bits per heavy atom. The summed E-state index contributed by atoms with van der Waals surface area (Å²) in [6, 6.07) is 0. The molecule has 11 heteroatoms. The molecule has 0 aliphatic carbocycles. The number of aliphatic imine (C=N–C) groups is 1. The first-order chi connectivity index (χ1) is 12.5. The van der Waals surface area contributed by atoms with Gasteiger partial charge in [0.15, 0.2) is 5.72 Å². The quantitative estimate of drug-likeness (QED) is 0.129. The van der Waals surface area contributed by atoms with E-state index in [0.717, 1.165) is 0 Å². The minimum absolute atomic E-state index is 0.0346. The second-order valence-electron chi connectivity index (χ2n) is 6.42. The number of nitrogens with one attached hydrogen (secondary N) is 2. The topological polar surface area (TPSA) is 150 Å². The number of hydrazine groups is 1. The monoisotopic (exact) mass is 370 g/mol. The van der Waals surface area contributed by atoms with Crippen LogP contribution in [0, 0.1) is 16.7 Å². The van der Waals surface area contributed by atoms with Crippen molar-refractivity contribution < 1.29 is 19.4 Å². The molecule has 146 valence electrons. The summed E-state index contributed by atoms with van der Waals surface area (Å²) in [5.74, 6) is -2.45. The van der Waals surface area contributed by atoms with Gasteiger partial charge in [0.05, 0.1) is 13.2 Å². The lowest BCUT2D eigenvalue weighted by Gasteiger charge is -2.44. The summed E-state index contributed by atoms with van der Waals surface area (Å²) in [5, 5.41) is 20.7. The van der Waals surface area contributed by atoms with E-state index in [0.29, 0.717) is 12.8 Å². The fourth-order valence-corrected chi connectivity index (χ4v) is 3.72. The lowest BCUT2D eigenvalue weighted by atomic mass is 9.72. The Morgan fingerprint density at radius 3 is 2.88 bits per heavy atom. The summed E-state index contributed by atoms with van der Waals surface area (Å²) in [7, 11) is 3.27. The molecule has 5 atom stereocenters. The molecule has 2 fully saturated rings. The van der Waals surface area contributed by atoms with Crippen LogP contribution in [0.15, 0.2) is 20.5 Å². The number of nitroso groups, excluding NO2 is 1. The van der Waals surface area contributed by atoms with Crippen molar-refractivity contribution in [3.8, 4) is 0 Å². The molecule has 11 nitrogen and oxygen atoms in total. The van der Waals surface area contributed by atoms with Crippen LogP contribution in [-0.2, 0) is 14.3 Å². The molecule has 3 N–H and O–H groups in total. The molecule has 2 aliphatic heterocycles. The molecule has 26 heavy (non-hydrogen) atoms. The summed E-state index contributed by atoms with van der Waals surface area (Å²) in [4.78, 5) is 26.4. The van der Waals surface area contributed by atoms with Crippen LogP contribution in [0.25, 0.3) is 0 Å². The fraction of sp³-hybridized carbons (Fsp3) is 0.867. The molecule has 0 amide bonds. The number of nitrogens with zero attached hydrogens (tertiary/aromatic N) is 4. The van der Waals surface area contributed by atoms with Gasteiger partial charge < -0.3 is 14.6 Å². The van der Waals surface area contributed by atoms with E-state index in [2.05, 4.69) is 31.5 Å². The summed E-state index contributed by atoms with van der Waals surface area (Å²) < 4.78 is 11.8. The molecule has 0 aromatic rings. The van der Waals surface area contributed by atoms with Crippen molar-refractivity contribution in [2.75, 3.05) is 27.2 Å². The van der Waals surface area contributed by atoms with Gasteiger partial charge in [-0.15, -0.1) is 5.11 Å². The summed E-state index contributed by atoms with van der Waals surface area (Å²) in [5.41, 5.74) is 3.09. The third-order valence-electron chi connectivity index (χ3n) is 5.14. The number of carboxylic acid groups (broad SMARTS) is 1. The molecule has 0 radical (unpaired) electrons. The second-order valence-corrected chi connectivity index (χ2v) is 6.42. The van der Waals surface area contributed by atoms with Crippen molar-refractivity contribution in [1.82, 2.24) is 11.0 Å². The average Bonchev–Trinajstić information content (AvgIpc) is 3.29. The molecule has 2 rings (SSSR count). The first-order valence-corrected chi connectivity index (χ1v) is 8.58. The molecule has 0 bridgehead atoms. The second kappa shape index (κ2) is 8.60. The molecular formula is C15H26N6O5. The van der Waals surface area contributed by atoms with E-state index in [9.17, 15) is 14.8 Å². The maximum absolute atomic E-state index is 12.0. The highest BCUT2D eigenvalue weighted by Crippen LogP contribution is 2.56. The van der Waals surface area contributed by atoms with Gasteiger partial charge in [0.25, 0.3) is 0 Å². The van der Waals surface area contributed by atoms with Gasteiger partial charge in [-0.05, 0) is 12.8 Å². The van der Waals surface area contributed by atoms with Gasteiger partial charge in [-0.2, -0.15) is 4.91 Å². The van der Waals surface area contributed by atoms with Crippen LogP contribution in [0.5, 0.6) is 0 Å². The molecular weight excluding hydrogens is 344 g/mol. The zero-order valence-corrected chi connectivity index (χ0v) is 15.2. The van der Waals surface area contributed by atoms with Crippen LogP contribution in [-0.4, -0.2) is 62.0 Å². The number of hydrogen-bond acceptors (Lipinski definition) is 9. The van der Waals surface area contributed by atoms with Crippen LogP contribution in [0.3, 0.4) is 0 Å².